The zero-order chi connectivity index (χ0) is 13.4. The van der Waals surface area contributed by atoms with Gasteiger partial charge in [-0.15, -0.1) is 0 Å². The highest BCUT2D eigenvalue weighted by Crippen LogP contribution is 2.05. The number of hydrogen-bond acceptors (Lipinski definition) is 3. The number of pyridine rings is 1. The minimum atomic E-state index is 0.300. The number of ether oxygens (including phenoxy) is 1. The van der Waals surface area contributed by atoms with E-state index in [2.05, 4.69) is 50.1 Å². The summed E-state index contributed by atoms with van der Waals surface area (Å²) in [6, 6.07) is 6.13. The molecule has 0 bridgehead atoms. The average molecular weight is 250 g/mol. The van der Waals surface area contributed by atoms with Gasteiger partial charge in [-0.05, 0) is 37.9 Å². The molecule has 0 aliphatic heterocycles. The van der Waals surface area contributed by atoms with E-state index in [4.69, 9.17) is 4.74 Å². The first-order valence-electron chi connectivity index (χ1n) is 6.89. The van der Waals surface area contributed by atoms with Gasteiger partial charge in [-0.2, -0.15) is 0 Å². The molecule has 1 atom stereocenters. The molecule has 102 valence electrons. The molecule has 0 saturated heterocycles. The molecule has 18 heavy (non-hydrogen) atoms. The van der Waals surface area contributed by atoms with Crippen molar-refractivity contribution in [2.45, 2.75) is 53.4 Å². The Labute approximate surface area is 111 Å². The Hall–Kier alpha value is -0.930. The first-order valence-corrected chi connectivity index (χ1v) is 6.89. The van der Waals surface area contributed by atoms with Gasteiger partial charge >= 0.3 is 0 Å². The van der Waals surface area contributed by atoms with Crippen LogP contribution in [0.3, 0.4) is 0 Å². The summed E-state index contributed by atoms with van der Waals surface area (Å²) >= 11 is 0. The summed E-state index contributed by atoms with van der Waals surface area (Å²) in [4.78, 5) is 4.59. The third-order valence-corrected chi connectivity index (χ3v) is 2.81. The van der Waals surface area contributed by atoms with Crippen LogP contribution in [0.4, 0.5) is 0 Å². The predicted octanol–water partition coefficient (Wildman–Crippen LogP) is 3.14. The first kappa shape index (κ1) is 15.1. The van der Waals surface area contributed by atoms with E-state index >= 15 is 0 Å². The van der Waals surface area contributed by atoms with Gasteiger partial charge in [0.25, 0.3) is 0 Å². The van der Waals surface area contributed by atoms with Gasteiger partial charge < -0.3 is 10.1 Å². The van der Waals surface area contributed by atoms with Gasteiger partial charge in [-0.25, -0.2) is 0 Å². The molecule has 0 aromatic carbocycles. The molecule has 0 radical (unpaired) electrons. The summed E-state index contributed by atoms with van der Waals surface area (Å²) < 4.78 is 5.69. The van der Waals surface area contributed by atoms with E-state index in [1.807, 2.05) is 6.07 Å². The van der Waals surface area contributed by atoms with Crippen LogP contribution in [0.2, 0.25) is 0 Å². The Morgan fingerprint density at radius 2 is 1.94 bits per heavy atom. The molecule has 3 nitrogen and oxygen atoms in total. The summed E-state index contributed by atoms with van der Waals surface area (Å²) in [6.07, 6.45) is 1.34. The number of nitrogens with zero attached hydrogens (tertiary/aromatic N) is 1. The lowest BCUT2D eigenvalue weighted by Gasteiger charge is -2.11. The molecule has 3 heteroatoms. The molecular weight excluding hydrogens is 224 g/mol. The Morgan fingerprint density at radius 1 is 1.22 bits per heavy atom. The quantitative estimate of drug-likeness (QED) is 0.769. The van der Waals surface area contributed by atoms with E-state index in [0.717, 1.165) is 30.9 Å². The van der Waals surface area contributed by atoms with E-state index in [9.17, 15) is 0 Å². The van der Waals surface area contributed by atoms with Crippen LogP contribution in [0.1, 0.15) is 45.5 Å². The van der Waals surface area contributed by atoms with Gasteiger partial charge in [0.05, 0.1) is 24.1 Å². The second kappa shape index (κ2) is 8.22. The van der Waals surface area contributed by atoms with Gasteiger partial charge in [-0.3, -0.25) is 4.98 Å². The third kappa shape index (κ3) is 6.12. The van der Waals surface area contributed by atoms with Crippen molar-refractivity contribution < 1.29 is 4.74 Å². The summed E-state index contributed by atoms with van der Waals surface area (Å²) in [5.41, 5.74) is 2.10. The normalized spacial score (nSPS) is 12.9. The van der Waals surface area contributed by atoms with Crippen LogP contribution < -0.4 is 5.32 Å². The monoisotopic (exact) mass is 250 g/mol. The molecule has 1 rings (SSSR count). The molecule has 0 fully saturated rings. The second-order valence-corrected chi connectivity index (χ2v) is 5.17. The van der Waals surface area contributed by atoms with Crippen LogP contribution >= 0.6 is 0 Å². The van der Waals surface area contributed by atoms with Crippen LogP contribution in [-0.4, -0.2) is 17.6 Å². The summed E-state index contributed by atoms with van der Waals surface area (Å²) in [6.45, 7) is 11.1. The molecule has 0 amide bonds. The van der Waals surface area contributed by atoms with E-state index in [1.54, 1.807) is 0 Å². The Balaban J connectivity index is 2.41. The highest BCUT2D eigenvalue weighted by Gasteiger charge is 2.02. The zero-order valence-corrected chi connectivity index (χ0v) is 12.1. The summed E-state index contributed by atoms with van der Waals surface area (Å²) in [5, 5.41) is 3.40. The third-order valence-electron chi connectivity index (χ3n) is 2.81. The lowest BCUT2D eigenvalue weighted by Crippen LogP contribution is -2.20. The van der Waals surface area contributed by atoms with Crippen molar-refractivity contribution in [1.29, 1.82) is 0 Å². The maximum absolute atomic E-state index is 5.69. The van der Waals surface area contributed by atoms with Crippen LogP contribution in [0.5, 0.6) is 0 Å². The second-order valence-electron chi connectivity index (χ2n) is 5.17. The molecule has 1 aromatic rings. The van der Waals surface area contributed by atoms with Crippen LogP contribution in [0.25, 0.3) is 0 Å². The maximum atomic E-state index is 5.69. The van der Waals surface area contributed by atoms with Crippen LogP contribution in [0.15, 0.2) is 18.2 Å². The van der Waals surface area contributed by atoms with E-state index < -0.39 is 0 Å². The van der Waals surface area contributed by atoms with Gasteiger partial charge in [0, 0.05) is 6.54 Å². The van der Waals surface area contributed by atoms with Gasteiger partial charge in [0.2, 0.25) is 0 Å². The smallest absolute Gasteiger partial charge is 0.0891 e. The minimum Gasteiger partial charge on any atom is -0.372 e. The number of aromatic nitrogens is 1. The first-order chi connectivity index (χ1) is 8.61. The standard InChI is InChI=1S/C15H26N2O/c1-5-13(4)18-11-15-8-6-7-14(17-15)10-16-9-12(2)3/h6-8,12-13,16H,5,9-11H2,1-4H3. The Morgan fingerprint density at radius 3 is 2.61 bits per heavy atom. The lowest BCUT2D eigenvalue weighted by molar-refractivity contribution is 0.0488. The molecule has 1 aromatic heterocycles. The largest absolute Gasteiger partial charge is 0.372 e. The van der Waals surface area contributed by atoms with Gasteiger partial charge in [-0.1, -0.05) is 26.8 Å². The fraction of sp³-hybridized carbons (Fsp3) is 0.667. The fourth-order valence-electron chi connectivity index (χ4n) is 1.54. The number of nitrogens with one attached hydrogen (secondary N) is 1. The molecule has 0 spiro atoms. The SMILES string of the molecule is CCC(C)OCc1cccc(CNCC(C)C)n1. The number of rotatable bonds is 8. The van der Waals surface area contributed by atoms with Crippen molar-refractivity contribution in [3.8, 4) is 0 Å². The summed E-state index contributed by atoms with van der Waals surface area (Å²) in [7, 11) is 0. The summed E-state index contributed by atoms with van der Waals surface area (Å²) in [5.74, 6) is 0.668. The molecule has 1 unspecified atom stereocenters. The van der Waals surface area contributed by atoms with Gasteiger partial charge in [0.15, 0.2) is 0 Å². The highest BCUT2D eigenvalue weighted by atomic mass is 16.5. The van der Waals surface area contributed by atoms with Crippen LogP contribution in [0, 0.1) is 5.92 Å². The zero-order valence-electron chi connectivity index (χ0n) is 12.1. The molecule has 0 saturated carbocycles. The molecular formula is C15H26N2O. The van der Waals surface area contributed by atoms with Crippen molar-refractivity contribution in [3.63, 3.8) is 0 Å². The van der Waals surface area contributed by atoms with Crippen molar-refractivity contribution >= 4 is 0 Å². The van der Waals surface area contributed by atoms with Crippen molar-refractivity contribution in [3.05, 3.63) is 29.6 Å². The Bertz CT molecular complexity index is 339. The topological polar surface area (TPSA) is 34.1 Å². The molecule has 0 aliphatic rings. The lowest BCUT2D eigenvalue weighted by atomic mass is 10.2. The average Bonchev–Trinajstić information content (AvgIpc) is 2.36. The van der Waals surface area contributed by atoms with E-state index in [0.29, 0.717) is 18.6 Å². The Kier molecular flexibility index (Phi) is 6.91. The molecule has 1 heterocycles. The van der Waals surface area contributed by atoms with Crippen molar-refractivity contribution in [1.82, 2.24) is 10.3 Å². The fourth-order valence-corrected chi connectivity index (χ4v) is 1.54. The number of hydrogen-bond donors (Lipinski definition) is 1. The van der Waals surface area contributed by atoms with Crippen LogP contribution in [-0.2, 0) is 17.9 Å². The highest BCUT2D eigenvalue weighted by molar-refractivity contribution is 5.10. The van der Waals surface area contributed by atoms with Gasteiger partial charge in [0.1, 0.15) is 0 Å². The molecule has 1 N–H and O–H groups in total. The van der Waals surface area contributed by atoms with Crippen molar-refractivity contribution in [2.24, 2.45) is 5.92 Å². The maximum Gasteiger partial charge on any atom is 0.0891 e. The van der Waals surface area contributed by atoms with E-state index in [-0.39, 0.29) is 0 Å². The minimum absolute atomic E-state index is 0.300. The predicted molar refractivity (Wildman–Crippen MR) is 75.3 cm³/mol. The molecule has 0 aliphatic carbocycles. The van der Waals surface area contributed by atoms with E-state index in [1.165, 1.54) is 0 Å². The van der Waals surface area contributed by atoms with Crippen molar-refractivity contribution in [2.75, 3.05) is 6.54 Å².